The van der Waals surface area contributed by atoms with Crippen molar-refractivity contribution < 1.29 is 19.0 Å². The lowest BCUT2D eigenvalue weighted by Gasteiger charge is -2.19. The summed E-state index contributed by atoms with van der Waals surface area (Å²) in [4.78, 5) is 17.0. The van der Waals surface area contributed by atoms with Crippen LogP contribution in [0.1, 0.15) is 36.7 Å². The van der Waals surface area contributed by atoms with E-state index in [4.69, 9.17) is 14.2 Å². The zero-order valence-electron chi connectivity index (χ0n) is 17.9. The standard InChI is InChI=1S/C24H26N2O4/c1-24(2,3)17-9-11-18(12-10-17)30-23-19(7-6-14-25-23)26-22(27)16-8-13-20(28-4)21(15-16)29-5/h6-15H,1-5H3,(H,26,27). The van der Waals surface area contributed by atoms with Gasteiger partial charge in [0.2, 0.25) is 5.88 Å². The van der Waals surface area contributed by atoms with E-state index in [0.717, 1.165) is 0 Å². The van der Waals surface area contributed by atoms with Gasteiger partial charge in [0, 0.05) is 11.8 Å². The molecule has 0 saturated heterocycles. The third-order valence-corrected chi connectivity index (χ3v) is 4.60. The third kappa shape index (κ3) is 4.89. The first-order valence-electron chi connectivity index (χ1n) is 9.58. The number of rotatable bonds is 6. The van der Waals surface area contributed by atoms with Crippen molar-refractivity contribution in [2.75, 3.05) is 19.5 Å². The number of pyridine rings is 1. The van der Waals surface area contributed by atoms with E-state index in [-0.39, 0.29) is 11.3 Å². The fourth-order valence-corrected chi connectivity index (χ4v) is 2.87. The van der Waals surface area contributed by atoms with Crippen LogP contribution < -0.4 is 19.5 Å². The second-order valence-corrected chi connectivity index (χ2v) is 7.76. The Balaban J connectivity index is 1.79. The molecule has 30 heavy (non-hydrogen) atoms. The molecule has 0 bridgehead atoms. The highest BCUT2D eigenvalue weighted by Gasteiger charge is 2.16. The highest BCUT2D eigenvalue weighted by molar-refractivity contribution is 6.05. The molecule has 156 valence electrons. The highest BCUT2D eigenvalue weighted by atomic mass is 16.5. The Morgan fingerprint density at radius 1 is 0.933 bits per heavy atom. The quantitative estimate of drug-likeness (QED) is 0.590. The fourth-order valence-electron chi connectivity index (χ4n) is 2.87. The molecule has 1 heterocycles. The lowest BCUT2D eigenvalue weighted by atomic mass is 9.87. The van der Waals surface area contributed by atoms with E-state index < -0.39 is 0 Å². The summed E-state index contributed by atoms with van der Waals surface area (Å²) >= 11 is 0. The van der Waals surface area contributed by atoms with Crippen LogP contribution in [0.5, 0.6) is 23.1 Å². The van der Waals surface area contributed by atoms with Crippen LogP contribution in [0.15, 0.2) is 60.8 Å². The summed E-state index contributed by atoms with van der Waals surface area (Å²) in [6.45, 7) is 6.47. The van der Waals surface area contributed by atoms with Gasteiger partial charge in [0.25, 0.3) is 5.91 Å². The van der Waals surface area contributed by atoms with Gasteiger partial charge in [-0.1, -0.05) is 32.9 Å². The molecule has 2 aromatic carbocycles. The number of nitrogens with one attached hydrogen (secondary N) is 1. The third-order valence-electron chi connectivity index (χ3n) is 4.60. The van der Waals surface area contributed by atoms with Crippen LogP contribution in [0.25, 0.3) is 0 Å². The smallest absolute Gasteiger partial charge is 0.255 e. The number of benzene rings is 2. The summed E-state index contributed by atoms with van der Waals surface area (Å²) in [5.74, 6) is 1.68. The van der Waals surface area contributed by atoms with E-state index >= 15 is 0 Å². The van der Waals surface area contributed by atoms with Gasteiger partial charge in [-0.15, -0.1) is 0 Å². The molecule has 0 radical (unpaired) electrons. The van der Waals surface area contributed by atoms with Crippen LogP contribution in [0, 0.1) is 0 Å². The van der Waals surface area contributed by atoms with Crippen molar-refractivity contribution in [2.24, 2.45) is 0 Å². The second-order valence-electron chi connectivity index (χ2n) is 7.76. The molecule has 1 amide bonds. The summed E-state index contributed by atoms with van der Waals surface area (Å²) in [5.41, 5.74) is 2.16. The number of hydrogen-bond donors (Lipinski definition) is 1. The minimum atomic E-state index is -0.308. The normalized spacial score (nSPS) is 11.0. The lowest BCUT2D eigenvalue weighted by molar-refractivity contribution is 0.102. The van der Waals surface area contributed by atoms with Gasteiger partial charge in [0.1, 0.15) is 11.4 Å². The Morgan fingerprint density at radius 2 is 1.63 bits per heavy atom. The number of carbonyl (C=O) groups is 1. The first kappa shape index (κ1) is 21.2. The molecule has 0 aliphatic carbocycles. The molecule has 3 rings (SSSR count). The van der Waals surface area contributed by atoms with Gasteiger partial charge in [-0.05, 0) is 53.4 Å². The average molecular weight is 406 g/mol. The minimum Gasteiger partial charge on any atom is -0.493 e. The molecule has 6 nitrogen and oxygen atoms in total. The van der Waals surface area contributed by atoms with Gasteiger partial charge in [-0.2, -0.15) is 0 Å². The fraction of sp³-hybridized carbons (Fsp3) is 0.250. The Kier molecular flexibility index (Phi) is 6.26. The van der Waals surface area contributed by atoms with E-state index in [1.54, 1.807) is 43.6 Å². The largest absolute Gasteiger partial charge is 0.493 e. The van der Waals surface area contributed by atoms with Crippen LogP contribution in [0.3, 0.4) is 0 Å². The van der Waals surface area contributed by atoms with E-state index in [1.165, 1.54) is 12.7 Å². The molecular weight excluding hydrogens is 380 g/mol. The van der Waals surface area contributed by atoms with Gasteiger partial charge in [-0.3, -0.25) is 4.79 Å². The van der Waals surface area contributed by atoms with Crippen molar-refractivity contribution in [1.82, 2.24) is 4.98 Å². The number of ether oxygens (including phenoxy) is 3. The topological polar surface area (TPSA) is 69.7 Å². The predicted octanol–water partition coefficient (Wildman–Crippen LogP) is 5.44. The van der Waals surface area contributed by atoms with Crippen LogP contribution in [0.4, 0.5) is 5.69 Å². The number of aromatic nitrogens is 1. The van der Waals surface area contributed by atoms with E-state index in [9.17, 15) is 4.79 Å². The molecule has 3 aromatic rings. The lowest BCUT2D eigenvalue weighted by Crippen LogP contribution is -2.13. The molecule has 6 heteroatoms. The van der Waals surface area contributed by atoms with E-state index in [1.807, 2.05) is 24.3 Å². The molecule has 0 fully saturated rings. The Morgan fingerprint density at radius 3 is 2.27 bits per heavy atom. The number of nitrogens with zero attached hydrogens (tertiary/aromatic N) is 1. The van der Waals surface area contributed by atoms with E-state index in [0.29, 0.717) is 34.4 Å². The number of hydrogen-bond acceptors (Lipinski definition) is 5. The monoisotopic (exact) mass is 406 g/mol. The van der Waals surface area contributed by atoms with Crippen LogP contribution in [-0.4, -0.2) is 25.1 Å². The van der Waals surface area contributed by atoms with Crippen molar-refractivity contribution in [1.29, 1.82) is 0 Å². The summed E-state index contributed by atoms with van der Waals surface area (Å²) in [6.07, 6.45) is 1.62. The molecule has 0 aliphatic rings. The molecule has 0 aliphatic heterocycles. The van der Waals surface area contributed by atoms with Gasteiger partial charge >= 0.3 is 0 Å². The van der Waals surface area contributed by atoms with Crippen molar-refractivity contribution in [3.05, 3.63) is 71.9 Å². The molecule has 0 atom stereocenters. The summed E-state index contributed by atoms with van der Waals surface area (Å²) < 4.78 is 16.4. The van der Waals surface area contributed by atoms with Crippen LogP contribution in [0.2, 0.25) is 0 Å². The SMILES string of the molecule is COc1ccc(C(=O)Nc2cccnc2Oc2ccc(C(C)(C)C)cc2)cc1OC. The Labute approximate surface area is 176 Å². The molecule has 1 aromatic heterocycles. The van der Waals surface area contributed by atoms with Gasteiger partial charge in [0.15, 0.2) is 11.5 Å². The van der Waals surface area contributed by atoms with Crippen molar-refractivity contribution >= 4 is 11.6 Å². The zero-order chi connectivity index (χ0) is 21.7. The van der Waals surface area contributed by atoms with E-state index in [2.05, 4.69) is 31.1 Å². The Bertz CT molecular complexity index is 1020. The summed E-state index contributed by atoms with van der Waals surface area (Å²) in [6, 6.07) is 16.3. The average Bonchev–Trinajstić information content (AvgIpc) is 2.74. The van der Waals surface area contributed by atoms with Crippen LogP contribution in [-0.2, 0) is 5.41 Å². The predicted molar refractivity (Wildman–Crippen MR) is 117 cm³/mol. The molecular formula is C24H26N2O4. The molecule has 0 spiro atoms. The minimum absolute atomic E-state index is 0.0576. The first-order chi connectivity index (χ1) is 14.3. The summed E-state index contributed by atoms with van der Waals surface area (Å²) in [7, 11) is 3.07. The van der Waals surface area contributed by atoms with Gasteiger partial charge < -0.3 is 19.5 Å². The Hall–Kier alpha value is -3.54. The number of carbonyl (C=O) groups excluding carboxylic acids is 1. The van der Waals surface area contributed by atoms with Crippen molar-refractivity contribution in [3.63, 3.8) is 0 Å². The van der Waals surface area contributed by atoms with Gasteiger partial charge in [0.05, 0.1) is 14.2 Å². The maximum Gasteiger partial charge on any atom is 0.255 e. The maximum absolute atomic E-state index is 12.8. The van der Waals surface area contributed by atoms with Gasteiger partial charge in [-0.25, -0.2) is 4.98 Å². The maximum atomic E-state index is 12.8. The van der Waals surface area contributed by atoms with Crippen LogP contribution >= 0.6 is 0 Å². The van der Waals surface area contributed by atoms with Crippen molar-refractivity contribution in [3.8, 4) is 23.1 Å². The second kappa shape index (κ2) is 8.86. The highest BCUT2D eigenvalue weighted by Crippen LogP contribution is 2.31. The summed E-state index contributed by atoms with van der Waals surface area (Å²) in [5, 5.41) is 2.85. The molecule has 1 N–H and O–H groups in total. The number of amides is 1. The molecule has 0 saturated carbocycles. The zero-order valence-corrected chi connectivity index (χ0v) is 17.9. The molecule has 0 unspecified atom stereocenters. The number of methoxy groups -OCH3 is 2. The first-order valence-corrected chi connectivity index (χ1v) is 9.58. The number of anilines is 1. The van der Waals surface area contributed by atoms with Crippen molar-refractivity contribution in [2.45, 2.75) is 26.2 Å².